The first-order chi connectivity index (χ1) is 11.0. The largest absolute Gasteiger partial charge is 0.482 e. The average molecular weight is 318 g/mol. The molecule has 0 aromatic heterocycles. The van der Waals surface area contributed by atoms with Crippen molar-refractivity contribution >= 4 is 11.6 Å². The van der Waals surface area contributed by atoms with Crippen LogP contribution in [0.25, 0.3) is 0 Å². The standard InChI is InChI=1S/C19H30N2O2/c1-4-5-6-7-10-21-17-12-15(16(20)11-14(2)3)8-9-18(17)23-13-19(21)22/h8-9,12,14,16H,4-7,10-11,13,20H2,1-3H3. The van der Waals surface area contributed by atoms with Crippen LogP contribution in [0.3, 0.4) is 0 Å². The molecule has 0 saturated heterocycles. The van der Waals surface area contributed by atoms with Crippen molar-refractivity contribution in [2.75, 3.05) is 18.1 Å². The highest BCUT2D eigenvalue weighted by atomic mass is 16.5. The van der Waals surface area contributed by atoms with E-state index in [9.17, 15) is 4.79 Å². The lowest BCUT2D eigenvalue weighted by Gasteiger charge is -2.30. The van der Waals surface area contributed by atoms with Crippen LogP contribution in [0.15, 0.2) is 18.2 Å². The van der Waals surface area contributed by atoms with Crippen molar-refractivity contribution in [2.24, 2.45) is 11.7 Å². The molecule has 1 aliphatic rings. The van der Waals surface area contributed by atoms with Crippen molar-refractivity contribution in [1.82, 2.24) is 0 Å². The molecule has 2 N–H and O–H groups in total. The zero-order chi connectivity index (χ0) is 16.8. The Labute approximate surface area is 140 Å². The molecular formula is C19H30N2O2. The Morgan fingerprint density at radius 2 is 2.04 bits per heavy atom. The third-order valence-corrected chi connectivity index (χ3v) is 4.31. The SMILES string of the molecule is CCCCCCN1C(=O)COc2ccc(C(N)CC(C)C)cc21. The highest BCUT2D eigenvalue weighted by molar-refractivity contribution is 5.97. The Balaban J connectivity index is 2.15. The van der Waals surface area contributed by atoms with Gasteiger partial charge in [-0.15, -0.1) is 0 Å². The van der Waals surface area contributed by atoms with Gasteiger partial charge in [0.2, 0.25) is 0 Å². The second kappa shape index (κ2) is 8.34. The van der Waals surface area contributed by atoms with Crippen LogP contribution in [0, 0.1) is 5.92 Å². The lowest BCUT2D eigenvalue weighted by Crippen LogP contribution is -2.39. The molecule has 0 aliphatic carbocycles. The number of hydrogen-bond acceptors (Lipinski definition) is 3. The van der Waals surface area contributed by atoms with E-state index in [1.54, 1.807) is 0 Å². The van der Waals surface area contributed by atoms with Crippen LogP contribution in [0.4, 0.5) is 5.69 Å². The number of hydrogen-bond donors (Lipinski definition) is 1. The monoisotopic (exact) mass is 318 g/mol. The van der Waals surface area contributed by atoms with Gasteiger partial charge in [-0.1, -0.05) is 46.1 Å². The quantitative estimate of drug-likeness (QED) is 0.736. The number of carbonyl (C=O) groups excluding carboxylic acids is 1. The predicted molar refractivity (Wildman–Crippen MR) is 94.8 cm³/mol. The fourth-order valence-electron chi connectivity index (χ4n) is 3.04. The van der Waals surface area contributed by atoms with Crippen LogP contribution in [-0.2, 0) is 4.79 Å². The number of unbranched alkanes of at least 4 members (excludes halogenated alkanes) is 3. The van der Waals surface area contributed by atoms with Gasteiger partial charge >= 0.3 is 0 Å². The van der Waals surface area contributed by atoms with Crippen molar-refractivity contribution in [1.29, 1.82) is 0 Å². The summed E-state index contributed by atoms with van der Waals surface area (Å²) in [6.45, 7) is 7.43. The van der Waals surface area contributed by atoms with E-state index in [1.165, 1.54) is 12.8 Å². The average Bonchev–Trinajstić information content (AvgIpc) is 2.52. The van der Waals surface area contributed by atoms with Crippen molar-refractivity contribution in [3.8, 4) is 5.75 Å². The van der Waals surface area contributed by atoms with Gasteiger partial charge in [0.15, 0.2) is 6.61 Å². The number of carbonyl (C=O) groups is 1. The normalized spacial score (nSPS) is 15.5. The lowest BCUT2D eigenvalue weighted by molar-refractivity contribution is -0.121. The molecule has 23 heavy (non-hydrogen) atoms. The molecule has 1 atom stereocenters. The van der Waals surface area contributed by atoms with Crippen molar-refractivity contribution < 1.29 is 9.53 Å². The second-order valence-corrected chi connectivity index (χ2v) is 6.86. The minimum atomic E-state index is -0.000676. The maximum atomic E-state index is 12.2. The molecule has 2 rings (SSSR count). The Morgan fingerprint density at radius 1 is 1.26 bits per heavy atom. The van der Waals surface area contributed by atoms with Crippen molar-refractivity contribution in [3.05, 3.63) is 23.8 Å². The third-order valence-electron chi connectivity index (χ3n) is 4.31. The van der Waals surface area contributed by atoms with E-state index >= 15 is 0 Å². The fourth-order valence-corrected chi connectivity index (χ4v) is 3.04. The van der Waals surface area contributed by atoms with Gasteiger partial charge in [0.05, 0.1) is 5.69 Å². The molecule has 1 unspecified atom stereocenters. The van der Waals surface area contributed by atoms with E-state index in [-0.39, 0.29) is 18.6 Å². The van der Waals surface area contributed by atoms with Gasteiger partial charge in [0.25, 0.3) is 5.91 Å². The van der Waals surface area contributed by atoms with Crippen LogP contribution in [-0.4, -0.2) is 19.1 Å². The van der Waals surface area contributed by atoms with Gasteiger partial charge in [0, 0.05) is 12.6 Å². The van der Waals surface area contributed by atoms with Crippen molar-refractivity contribution in [2.45, 2.75) is 58.9 Å². The van der Waals surface area contributed by atoms with E-state index in [1.807, 2.05) is 23.1 Å². The number of nitrogens with two attached hydrogens (primary N) is 1. The summed E-state index contributed by atoms with van der Waals surface area (Å²) >= 11 is 0. The molecule has 1 aromatic rings. The van der Waals surface area contributed by atoms with Gasteiger partial charge in [-0.05, 0) is 36.5 Å². The molecule has 1 heterocycles. The van der Waals surface area contributed by atoms with E-state index in [2.05, 4.69) is 20.8 Å². The Hall–Kier alpha value is -1.55. The summed E-state index contributed by atoms with van der Waals surface area (Å²) in [6.07, 6.45) is 5.53. The number of rotatable bonds is 8. The van der Waals surface area contributed by atoms with Gasteiger partial charge < -0.3 is 15.4 Å². The van der Waals surface area contributed by atoms with Gasteiger partial charge in [-0.25, -0.2) is 0 Å². The Kier molecular flexibility index (Phi) is 6.46. The number of benzene rings is 1. The molecule has 4 nitrogen and oxygen atoms in total. The smallest absolute Gasteiger partial charge is 0.265 e. The Morgan fingerprint density at radius 3 is 2.74 bits per heavy atom. The summed E-state index contributed by atoms with van der Waals surface area (Å²) in [5.41, 5.74) is 8.27. The Bertz CT molecular complexity index is 528. The molecule has 0 spiro atoms. The van der Waals surface area contributed by atoms with Crippen LogP contribution in [0.1, 0.15) is 64.5 Å². The van der Waals surface area contributed by atoms with Crippen LogP contribution >= 0.6 is 0 Å². The van der Waals surface area contributed by atoms with Crippen LogP contribution in [0.5, 0.6) is 5.75 Å². The van der Waals surface area contributed by atoms with Crippen molar-refractivity contribution in [3.63, 3.8) is 0 Å². The summed E-state index contributed by atoms with van der Waals surface area (Å²) < 4.78 is 5.58. The predicted octanol–water partition coefficient (Wildman–Crippen LogP) is 4.04. The molecular weight excluding hydrogens is 288 g/mol. The molecule has 0 radical (unpaired) electrons. The number of ether oxygens (including phenoxy) is 1. The molecule has 128 valence electrons. The topological polar surface area (TPSA) is 55.6 Å². The molecule has 1 aliphatic heterocycles. The third kappa shape index (κ3) is 4.71. The van der Waals surface area contributed by atoms with E-state index < -0.39 is 0 Å². The molecule has 0 fully saturated rings. The number of amides is 1. The van der Waals surface area contributed by atoms with E-state index in [0.29, 0.717) is 5.92 Å². The molecule has 1 amide bonds. The first kappa shape index (κ1) is 17.8. The number of anilines is 1. The maximum absolute atomic E-state index is 12.2. The summed E-state index contributed by atoms with van der Waals surface area (Å²) in [7, 11) is 0. The summed E-state index contributed by atoms with van der Waals surface area (Å²) in [4.78, 5) is 14.1. The maximum Gasteiger partial charge on any atom is 0.265 e. The summed E-state index contributed by atoms with van der Waals surface area (Å²) in [5.74, 6) is 1.38. The minimum absolute atomic E-state index is 0.000676. The molecule has 0 bridgehead atoms. The first-order valence-electron chi connectivity index (χ1n) is 8.85. The molecule has 4 heteroatoms. The van der Waals surface area contributed by atoms with Crippen LogP contribution < -0.4 is 15.4 Å². The highest BCUT2D eigenvalue weighted by Gasteiger charge is 2.26. The van der Waals surface area contributed by atoms with E-state index in [0.717, 1.165) is 42.8 Å². The molecule has 1 aromatic carbocycles. The zero-order valence-corrected chi connectivity index (χ0v) is 14.7. The fraction of sp³-hybridized carbons (Fsp3) is 0.632. The first-order valence-corrected chi connectivity index (χ1v) is 8.85. The second-order valence-electron chi connectivity index (χ2n) is 6.86. The van der Waals surface area contributed by atoms with Crippen LogP contribution in [0.2, 0.25) is 0 Å². The lowest BCUT2D eigenvalue weighted by atomic mass is 9.97. The summed E-state index contributed by atoms with van der Waals surface area (Å²) in [5, 5.41) is 0. The van der Waals surface area contributed by atoms with E-state index in [4.69, 9.17) is 10.5 Å². The van der Waals surface area contributed by atoms with Gasteiger partial charge in [-0.3, -0.25) is 4.79 Å². The highest BCUT2D eigenvalue weighted by Crippen LogP contribution is 2.35. The van der Waals surface area contributed by atoms with Gasteiger partial charge in [-0.2, -0.15) is 0 Å². The summed E-state index contributed by atoms with van der Waals surface area (Å²) in [6, 6.07) is 6.02. The van der Waals surface area contributed by atoms with Gasteiger partial charge in [0.1, 0.15) is 5.75 Å². The number of fused-ring (bicyclic) bond motifs is 1. The molecule has 0 saturated carbocycles. The number of nitrogens with zero attached hydrogens (tertiary/aromatic N) is 1. The zero-order valence-electron chi connectivity index (χ0n) is 14.7. The minimum Gasteiger partial charge on any atom is -0.482 e.